The van der Waals surface area contributed by atoms with Crippen molar-refractivity contribution in [2.24, 2.45) is 40.4 Å². The SMILES string of the molecule is CC1([C@H]2CC[C@@H]3[C@H]4CC[C@H]5CC6(CC[C@]5(C)[C@H]4[C@H](O)C[C@@]32C)OCCO6)OCCO1. The summed E-state index contributed by atoms with van der Waals surface area (Å²) in [6.45, 7) is 9.96. The van der Waals surface area contributed by atoms with E-state index in [2.05, 4.69) is 20.8 Å². The molecule has 0 bridgehead atoms. The van der Waals surface area contributed by atoms with Crippen molar-refractivity contribution >= 4 is 0 Å². The lowest BCUT2D eigenvalue weighted by Crippen LogP contribution is -2.61. The molecular formula is C25H40O5. The van der Waals surface area contributed by atoms with Gasteiger partial charge in [-0.3, -0.25) is 0 Å². The van der Waals surface area contributed by atoms with Crippen LogP contribution in [0.2, 0.25) is 0 Å². The van der Waals surface area contributed by atoms with Crippen molar-refractivity contribution in [1.29, 1.82) is 0 Å². The maximum Gasteiger partial charge on any atom is 0.169 e. The van der Waals surface area contributed by atoms with Crippen LogP contribution in [0, 0.1) is 40.4 Å². The summed E-state index contributed by atoms with van der Waals surface area (Å²) in [5.74, 6) is 1.89. The molecule has 6 fully saturated rings. The number of aliphatic hydroxyl groups excluding tert-OH is 1. The highest BCUT2D eigenvalue weighted by atomic mass is 16.7. The highest BCUT2D eigenvalue weighted by molar-refractivity contribution is 5.14. The second-order valence-electron chi connectivity index (χ2n) is 12.0. The summed E-state index contributed by atoms with van der Waals surface area (Å²) in [6.07, 6.45) is 8.70. The fraction of sp³-hybridized carbons (Fsp3) is 1.00. The summed E-state index contributed by atoms with van der Waals surface area (Å²) in [7, 11) is 0. The molecule has 30 heavy (non-hydrogen) atoms. The van der Waals surface area contributed by atoms with Crippen LogP contribution in [0.15, 0.2) is 0 Å². The molecule has 6 aliphatic rings. The van der Waals surface area contributed by atoms with Gasteiger partial charge in [-0.15, -0.1) is 0 Å². The molecule has 6 rings (SSSR count). The van der Waals surface area contributed by atoms with E-state index in [1.54, 1.807) is 0 Å². The second kappa shape index (κ2) is 6.66. The quantitative estimate of drug-likeness (QED) is 0.691. The minimum atomic E-state index is -0.467. The number of hydrogen-bond donors (Lipinski definition) is 1. The van der Waals surface area contributed by atoms with Gasteiger partial charge in [-0.05, 0) is 80.0 Å². The maximum atomic E-state index is 11.7. The minimum absolute atomic E-state index is 0.108. The van der Waals surface area contributed by atoms with E-state index >= 15 is 0 Å². The van der Waals surface area contributed by atoms with Crippen molar-refractivity contribution in [3.63, 3.8) is 0 Å². The lowest BCUT2D eigenvalue weighted by Gasteiger charge is -2.63. The summed E-state index contributed by atoms with van der Waals surface area (Å²) in [5, 5.41) is 11.7. The summed E-state index contributed by atoms with van der Waals surface area (Å²) < 4.78 is 24.5. The molecule has 0 aromatic carbocycles. The Kier molecular flexibility index (Phi) is 4.53. The summed E-state index contributed by atoms with van der Waals surface area (Å²) >= 11 is 0. The van der Waals surface area contributed by atoms with Crippen LogP contribution in [0.3, 0.4) is 0 Å². The van der Waals surface area contributed by atoms with Crippen molar-refractivity contribution in [1.82, 2.24) is 0 Å². The summed E-state index contributed by atoms with van der Waals surface area (Å²) in [5.41, 5.74) is 0.309. The fourth-order valence-corrected chi connectivity index (χ4v) is 9.67. The third kappa shape index (κ3) is 2.65. The number of rotatable bonds is 1. The Morgan fingerprint density at radius 1 is 0.733 bits per heavy atom. The predicted octanol–water partition coefficient (Wildman–Crippen LogP) is 4.12. The second-order valence-corrected chi connectivity index (χ2v) is 12.0. The molecule has 170 valence electrons. The molecule has 4 saturated carbocycles. The Morgan fingerprint density at radius 3 is 2.17 bits per heavy atom. The zero-order valence-corrected chi connectivity index (χ0v) is 19.0. The smallest absolute Gasteiger partial charge is 0.169 e. The minimum Gasteiger partial charge on any atom is -0.393 e. The average Bonchev–Trinajstić information content (AvgIpc) is 3.41. The molecule has 5 nitrogen and oxygen atoms in total. The lowest BCUT2D eigenvalue weighted by molar-refractivity contribution is -0.254. The highest BCUT2D eigenvalue weighted by Gasteiger charge is 2.67. The molecule has 0 aromatic heterocycles. The van der Waals surface area contributed by atoms with E-state index in [1.165, 1.54) is 25.7 Å². The van der Waals surface area contributed by atoms with Gasteiger partial charge in [-0.1, -0.05) is 13.8 Å². The van der Waals surface area contributed by atoms with Gasteiger partial charge in [0.25, 0.3) is 0 Å². The Labute approximate surface area is 181 Å². The van der Waals surface area contributed by atoms with Gasteiger partial charge < -0.3 is 24.1 Å². The molecule has 8 atom stereocenters. The van der Waals surface area contributed by atoms with Crippen LogP contribution in [-0.2, 0) is 18.9 Å². The van der Waals surface area contributed by atoms with Crippen LogP contribution in [-0.4, -0.2) is 49.2 Å². The molecule has 0 amide bonds. The molecular weight excluding hydrogens is 380 g/mol. The van der Waals surface area contributed by atoms with E-state index in [9.17, 15) is 5.11 Å². The van der Waals surface area contributed by atoms with Crippen molar-refractivity contribution in [3.05, 3.63) is 0 Å². The monoisotopic (exact) mass is 420 g/mol. The molecule has 2 aliphatic heterocycles. The van der Waals surface area contributed by atoms with Crippen molar-refractivity contribution in [2.75, 3.05) is 26.4 Å². The molecule has 0 radical (unpaired) electrons. The van der Waals surface area contributed by atoms with Crippen molar-refractivity contribution < 1.29 is 24.1 Å². The zero-order chi connectivity index (χ0) is 20.8. The van der Waals surface area contributed by atoms with Crippen LogP contribution < -0.4 is 0 Å². The molecule has 0 unspecified atom stereocenters. The number of hydrogen-bond acceptors (Lipinski definition) is 5. The zero-order valence-electron chi connectivity index (χ0n) is 19.0. The third-order valence-electron chi connectivity index (χ3n) is 10.9. The average molecular weight is 421 g/mol. The number of fused-ring (bicyclic) bond motifs is 5. The van der Waals surface area contributed by atoms with Crippen LogP contribution in [0.25, 0.3) is 0 Å². The molecule has 2 heterocycles. The Hall–Kier alpha value is -0.200. The van der Waals surface area contributed by atoms with Crippen LogP contribution >= 0.6 is 0 Å². The molecule has 1 N–H and O–H groups in total. The van der Waals surface area contributed by atoms with Gasteiger partial charge in [0, 0.05) is 18.8 Å². The van der Waals surface area contributed by atoms with E-state index in [0.717, 1.165) is 38.9 Å². The highest BCUT2D eigenvalue weighted by Crippen LogP contribution is 2.69. The van der Waals surface area contributed by atoms with E-state index < -0.39 is 5.79 Å². The topological polar surface area (TPSA) is 57.2 Å². The normalized spacial score (nSPS) is 54.0. The largest absolute Gasteiger partial charge is 0.393 e. The summed E-state index contributed by atoms with van der Waals surface area (Å²) in [6, 6.07) is 0. The van der Waals surface area contributed by atoms with Gasteiger partial charge in [0.05, 0.1) is 32.5 Å². The van der Waals surface area contributed by atoms with E-state index in [-0.39, 0.29) is 22.7 Å². The molecule has 5 heteroatoms. The first-order valence-corrected chi connectivity index (χ1v) is 12.5. The Morgan fingerprint density at radius 2 is 1.43 bits per heavy atom. The van der Waals surface area contributed by atoms with Crippen LogP contribution in [0.1, 0.15) is 72.1 Å². The fourth-order valence-electron chi connectivity index (χ4n) is 9.67. The van der Waals surface area contributed by atoms with Crippen molar-refractivity contribution in [3.8, 4) is 0 Å². The Balaban J connectivity index is 1.28. The first-order valence-electron chi connectivity index (χ1n) is 12.5. The van der Waals surface area contributed by atoms with Gasteiger partial charge in [-0.2, -0.15) is 0 Å². The molecule has 2 saturated heterocycles. The van der Waals surface area contributed by atoms with Crippen LogP contribution in [0.5, 0.6) is 0 Å². The molecule has 0 aromatic rings. The number of aliphatic hydroxyl groups is 1. The Bertz CT molecular complexity index is 683. The number of ether oxygens (including phenoxy) is 4. The van der Waals surface area contributed by atoms with E-state index in [0.29, 0.717) is 42.8 Å². The summed E-state index contributed by atoms with van der Waals surface area (Å²) in [4.78, 5) is 0. The van der Waals surface area contributed by atoms with E-state index in [4.69, 9.17) is 18.9 Å². The molecule has 1 spiro atoms. The van der Waals surface area contributed by atoms with Gasteiger partial charge in [0.15, 0.2) is 11.6 Å². The maximum absolute atomic E-state index is 11.7. The first kappa shape index (κ1) is 20.4. The third-order valence-corrected chi connectivity index (χ3v) is 10.9. The van der Waals surface area contributed by atoms with Gasteiger partial charge in [0.2, 0.25) is 0 Å². The lowest BCUT2D eigenvalue weighted by atomic mass is 9.43. The van der Waals surface area contributed by atoms with Crippen LogP contribution in [0.4, 0.5) is 0 Å². The van der Waals surface area contributed by atoms with Gasteiger partial charge >= 0.3 is 0 Å². The standard InChI is InChI=1S/C25H40O5/c1-22-8-9-25(29-12-13-30-25)14-16(22)4-5-17-18-6-7-20(24(3)27-10-11-28-24)23(18,2)15-19(26)21(17)22/h16-21,26H,4-15H2,1-3H3/t16-,17+,18+,19+,20-,21+,22-,23-/m0/s1. The van der Waals surface area contributed by atoms with E-state index in [1.807, 2.05) is 0 Å². The van der Waals surface area contributed by atoms with Gasteiger partial charge in [-0.25, -0.2) is 0 Å². The van der Waals surface area contributed by atoms with Gasteiger partial charge in [0.1, 0.15) is 0 Å². The molecule has 4 aliphatic carbocycles. The van der Waals surface area contributed by atoms with Crippen molar-refractivity contribution in [2.45, 2.75) is 89.8 Å². The first-order chi connectivity index (χ1) is 14.3. The predicted molar refractivity (Wildman–Crippen MR) is 112 cm³/mol.